The van der Waals surface area contributed by atoms with Crippen molar-refractivity contribution in [1.82, 2.24) is 0 Å². The number of carboxylic acid groups (broad SMARTS) is 1. The second kappa shape index (κ2) is 6.39. The number of halogens is 1. The number of ether oxygens (including phenoxy) is 2. The van der Waals surface area contributed by atoms with Crippen molar-refractivity contribution in [3.8, 4) is 22.6 Å². The summed E-state index contributed by atoms with van der Waals surface area (Å²) in [6.07, 6.45) is -0.0553. The monoisotopic (exact) mass is 344 g/mol. The number of rotatable bonds is 5. The van der Waals surface area contributed by atoms with Gasteiger partial charge in [0.2, 0.25) is 0 Å². The number of carbonyl (C=O) groups is 1. The molecule has 0 bridgehead atoms. The number of aliphatic carboxylic acids is 1. The molecule has 2 aromatic carbocycles. The maximum atomic E-state index is 14.5. The zero-order valence-corrected chi connectivity index (χ0v) is 14.5. The molecule has 5 heteroatoms. The quantitative estimate of drug-likeness (QED) is 0.871. The highest BCUT2D eigenvalue weighted by atomic mass is 19.1. The first kappa shape index (κ1) is 17.3. The lowest BCUT2D eigenvalue weighted by Crippen LogP contribution is -2.26. The van der Waals surface area contributed by atoms with Gasteiger partial charge in [0.25, 0.3) is 0 Å². The fourth-order valence-corrected chi connectivity index (χ4v) is 3.10. The molecule has 3 rings (SSSR count). The Kier molecular flexibility index (Phi) is 4.41. The molecule has 0 spiro atoms. The molecule has 2 aromatic rings. The number of benzene rings is 2. The van der Waals surface area contributed by atoms with Gasteiger partial charge in [-0.1, -0.05) is 25.1 Å². The molecule has 0 aliphatic carbocycles. The molecule has 25 heavy (non-hydrogen) atoms. The van der Waals surface area contributed by atoms with Crippen molar-refractivity contribution in [1.29, 1.82) is 0 Å². The Labute approximate surface area is 146 Å². The lowest BCUT2D eigenvalue weighted by Gasteiger charge is -2.16. The molecule has 0 fully saturated rings. The zero-order valence-electron chi connectivity index (χ0n) is 14.5. The van der Waals surface area contributed by atoms with Gasteiger partial charge in [-0.15, -0.1) is 0 Å². The molecule has 0 aromatic heterocycles. The molecule has 0 saturated carbocycles. The average Bonchev–Trinajstić information content (AvgIpc) is 2.87. The second-order valence-corrected chi connectivity index (χ2v) is 6.82. The predicted molar refractivity (Wildman–Crippen MR) is 92.6 cm³/mol. The minimum Gasteiger partial charge on any atom is -0.487 e. The standard InChI is InChI=1S/C20H21FO4/c1-4-16(19(22)23)24-18-9-8-12(10-15(18)21)13-6-5-7-17-14(13)11-20(2,3)25-17/h5-10,16H,4,11H2,1-3H3,(H,22,23). The number of hydrogen-bond acceptors (Lipinski definition) is 3. The van der Waals surface area contributed by atoms with Crippen molar-refractivity contribution >= 4 is 5.97 Å². The van der Waals surface area contributed by atoms with E-state index in [2.05, 4.69) is 0 Å². The van der Waals surface area contributed by atoms with Gasteiger partial charge in [0, 0.05) is 12.0 Å². The first-order chi connectivity index (χ1) is 11.8. The van der Waals surface area contributed by atoms with E-state index >= 15 is 0 Å². The third kappa shape index (κ3) is 3.45. The lowest BCUT2D eigenvalue weighted by molar-refractivity contribution is -0.145. The summed E-state index contributed by atoms with van der Waals surface area (Å²) in [5, 5.41) is 9.05. The Morgan fingerprint density at radius 2 is 2.12 bits per heavy atom. The van der Waals surface area contributed by atoms with Crippen LogP contribution in [-0.4, -0.2) is 22.8 Å². The van der Waals surface area contributed by atoms with Crippen molar-refractivity contribution in [2.75, 3.05) is 0 Å². The van der Waals surface area contributed by atoms with Crippen molar-refractivity contribution < 1.29 is 23.8 Å². The maximum absolute atomic E-state index is 14.5. The van der Waals surface area contributed by atoms with E-state index < -0.39 is 17.9 Å². The van der Waals surface area contributed by atoms with Crippen LogP contribution in [0.4, 0.5) is 4.39 Å². The van der Waals surface area contributed by atoms with Gasteiger partial charge >= 0.3 is 5.97 Å². The third-order valence-corrected chi connectivity index (χ3v) is 4.28. The van der Waals surface area contributed by atoms with Gasteiger partial charge in [0.1, 0.15) is 11.4 Å². The van der Waals surface area contributed by atoms with E-state index in [0.717, 1.165) is 23.3 Å². The zero-order chi connectivity index (χ0) is 18.2. The maximum Gasteiger partial charge on any atom is 0.344 e. The predicted octanol–water partition coefficient (Wildman–Crippen LogP) is 4.45. The highest BCUT2D eigenvalue weighted by Gasteiger charge is 2.32. The van der Waals surface area contributed by atoms with E-state index in [4.69, 9.17) is 14.6 Å². The van der Waals surface area contributed by atoms with E-state index in [0.29, 0.717) is 5.56 Å². The molecular weight excluding hydrogens is 323 g/mol. The summed E-state index contributed by atoms with van der Waals surface area (Å²) in [7, 11) is 0. The number of hydrogen-bond donors (Lipinski definition) is 1. The van der Waals surface area contributed by atoms with Crippen LogP contribution in [0.1, 0.15) is 32.8 Å². The molecular formula is C20H21FO4. The summed E-state index contributed by atoms with van der Waals surface area (Å²) in [6, 6.07) is 10.3. The van der Waals surface area contributed by atoms with Crippen LogP contribution in [0.5, 0.6) is 11.5 Å². The summed E-state index contributed by atoms with van der Waals surface area (Å²) in [5.74, 6) is -0.915. The second-order valence-electron chi connectivity index (χ2n) is 6.82. The van der Waals surface area contributed by atoms with E-state index in [1.54, 1.807) is 13.0 Å². The Morgan fingerprint density at radius 1 is 1.36 bits per heavy atom. The van der Waals surface area contributed by atoms with Crippen LogP contribution in [0.25, 0.3) is 11.1 Å². The van der Waals surface area contributed by atoms with Crippen molar-refractivity contribution in [3.63, 3.8) is 0 Å². The molecule has 0 saturated heterocycles. The average molecular weight is 344 g/mol. The highest BCUT2D eigenvalue weighted by Crippen LogP contribution is 2.41. The Morgan fingerprint density at radius 3 is 2.76 bits per heavy atom. The largest absolute Gasteiger partial charge is 0.487 e. The van der Waals surface area contributed by atoms with Crippen LogP contribution in [-0.2, 0) is 11.2 Å². The van der Waals surface area contributed by atoms with E-state index in [-0.39, 0.29) is 17.8 Å². The van der Waals surface area contributed by atoms with Gasteiger partial charge in [0.05, 0.1) is 0 Å². The summed E-state index contributed by atoms with van der Waals surface area (Å²) in [6.45, 7) is 5.72. The van der Waals surface area contributed by atoms with Crippen LogP contribution < -0.4 is 9.47 Å². The minimum atomic E-state index is -1.11. The Hall–Kier alpha value is -2.56. The van der Waals surface area contributed by atoms with Crippen molar-refractivity contribution in [2.45, 2.75) is 45.3 Å². The molecule has 1 heterocycles. The van der Waals surface area contributed by atoms with Gasteiger partial charge in [-0.3, -0.25) is 0 Å². The SMILES string of the molecule is CCC(Oc1ccc(-c2cccc3c2CC(C)(C)O3)cc1F)C(=O)O. The van der Waals surface area contributed by atoms with Gasteiger partial charge in [-0.05, 0) is 49.6 Å². The fourth-order valence-electron chi connectivity index (χ4n) is 3.10. The number of carboxylic acids is 1. The fraction of sp³-hybridized carbons (Fsp3) is 0.350. The summed E-state index contributed by atoms with van der Waals surface area (Å²) >= 11 is 0. The lowest BCUT2D eigenvalue weighted by atomic mass is 9.93. The van der Waals surface area contributed by atoms with Crippen LogP contribution in [0.2, 0.25) is 0 Å². The molecule has 1 aliphatic rings. The molecule has 0 amide bonds. The molecule has 1 N–H and O–H groups in total. The van der Waals surface area contributed by atoms with Gasteiger partial charge in [0.15, 0.2) is 17.7 Å². The smallest absolute Gasteiger partial charge is 0.344 e. The van der Waals surface area contributed by atoms with Crippen LogP contribution in [0, 0.1) is 5.82 Å². The molecule has 132 valence electrons. The molecule has 1 aliphatic heterocycles. The Bertz CT molecular complexity index is 813. The molecule has 1 unspecified atom stereocenters. The van der Waals surface area contributed by atoms with E-state index in [1.807, 2.05) is 32.0 Å². The summed E-state index contributed by atoms with van der Waals surface area (Å²) in [4.78, 5) is 11.1. The first-order valence-corrected chi connectivity index (χ1v) is 8.31. The van der Waals surface area contributed by atoms with Gasteiger partial charge in [-0.25, -0.2) is 9.18 Å². The van der Waals surface area contributed by atoms with E-state index in [1.165, 1.54) is 12.1 Å². The summed E-state index contributed by atoms with van der Waals surface area (Å²) < 4.78 is 25.6. The van der Waals surface area contributed by atoms with Crippen LogP contribution in [0.3, 0.4) is 0 Å². The third-order valence-electron chi connectivity index (χ3n) is 4.28. The minimum absolute atomic E-state index is 0.0536. The summed E-state index contributed by atoms with van der Waals surface area (Å²) in [5.41, 5.74) is 2.40. The topological polar surface area (TPSA) is 55.8 Å². The van der Waals surface area contributed by atoms with Crippen LogP contribution >= 0.6 is 0 Å². The molecule has 0 radical (unpaired) electrons. The highest BCUT2D eigenvalue weighted by molar-refractivity contribution is 5.73. The first-order valence-electron chi connectivity index (χ1n) is 8.31. The van der Waals surface area contributed by atoms with Gasteiger partial charge < -0.3 is 14.6 Å². The van der Waals surface area contributed by atoms with Crippen molar-refractivity contribution in [2.24, 2.45) is 0 Å². The van der Waals surface area contributed by atoms with E-state index in [9.17, 15) is 9.18 Å². The van der Waals surface area contributed by atoms with Crippen LogP contribution in [0.15, 0.2) is 36.4 Å². The molecule has 4 nitrogen and oxygen atoms in total. The van der Waals surface area contributed by atoms with Crippen molar-refractivity contribution in [3.05, 3.63) is 47.8 Å². The van der Waals surface area contributed by atoms with Gasteiger partial charge in [-0.2, -0.15) is 0 Å². The Balaban J connectivity index is 1.93. The number of fused-ring (bicyclic) bond motifs is 1. The molecule has 1 atom stereocenters. The normalized spacial score (nSPS) is 16.0.